The molecule has 0 amide bonds. The molecule has 3 N–H and O–H groups in total. The fourth-order valence-electron chi connectivity index (χ4n) is 1.13. The Morgan fingerprint density at radius 2 is 2.47 bits per heavy atom. The van der Waals surface area contributed by atoms with E-state index < -0.39 is 0 Å². The first-order chi connectivity index (χ1) is 7.27. The molecule has 2 heterocycles. The van der Waals surface area contributed by atoms with E-state index in [1.807, 2.05) is 0 Å². The molecule has 1 aliphatic rings. The Labute approximate surface area is 91.1 Å². The topological polar surface area (TPSA) is 90.4 Å². The largest absolute Gasteiger partial charge is 0.400 e. The Balaban J connectivity index is 0.000000531. The van der Waals surface area contributed by atoms with Crippen LogP contribution >= 0.6 is 11.8 Å². The van der Waals surface area contributed by atoms with E-state index in [1.54, 1.807) is 24.0 Å². The van der Waals surface area contributed by atoms with E-state index in [1.165, 1.54) is 4.57 Å². The number of ether oxygens (including phenoxy) is 1. The van der Waals surface area contributed by atoms with Gasteiger partial charge in [0.15, 0.2) is 0 Å². The van der Waals surface area contributed by atoms with Crippen molar-refractivity contribution in [3.05, 3.63) is 22.7 Å². The van der Waals surface area contributed by atoms with Crippen LogP contribution in [-0.2, 0) is 4.74 Å². The number of aromatic nitrogens is 2. The maximum Gasteiger partial charge on any atom is 0.351 e. The third-order valence-electron chi connectivity index (χ3n) is 1.77. The van der Waals surface area contributed by atoms with Crippen molar-refractivity contribution >= 4 is 17.6 Å². The predicted molar refractivity (Wildman–Crippen MR) is 58.5 cm³/mol. The van der Waals surface area contributed by atoms with Crippen molar-refractivity contribution in [3.63, 3.8) is 0 Å². The summed E-state index contributed by atoms with van der Waals surface area (Å²) in [5, 5.41) is 7.00. The highest BCUT2D eigenvalue weighted by molar-refractivity contribution is 7.99. The van der Waals surface area contributed by atoms with Gasteiger partial charge in [0.1, 0.15) is 12.0 Å². The van der Waals surface area contributed by atoms with Gasteiger partial charge >= 0.3 is 5.69 Å². The zero-order chi connectivity index (χ0) is 11.3. The molecule has 0 aromatic carbocycles. The van der Waals surface area contributed by atoms with Gasteiger partial charge in [0.05, 0.1) is 5.94 Å². The second-order valence-corrected chi connectivity index (χ2v) is 3.63. The fourth-order valence-corrected chi connectivity index (χ4v) is 1.94. The van der Waals surface area contributed by atoms with Crippen LogP contribution < -0.4 is 11.4 Å². The monoisotopic (exact) mass is 231 g/mol. The van der Waals surface area contributed by atoms with Crippen molar-refractivity contribution in [1.82, 2.24) is 9.55 Å². The molecular formula is C8H13N3O3S. The van der Waals surface area contributed by atoms with Gasteiger partial charge in [0, 0.05) is 19.1 Å². The first-order valence-electron chi connectivity index (χ1n) is 4.26. The smallest absolute Gasteiger partial charge is 0.351 e. The number of aliphatic hydroxyl groups excluding tert-OH is 1. The Morgan fingerprint density at radius 3 is 3.00 bits per heavy atom. The molecule has 1 saturated heterocycles. The van der Waals surface area contributed by atoms with Gasteiger partial charge in [0.2, 0.25) is 0 Å². The summed E-state index contributed by atoms with van der Waals surface area (Å²) in [6.07, 6.45) is 1.42. The number of nitrogens with two attached hydrogens (primary N) is 1. The molecule has 0 spiro atoms. The summed E-state index contributed by atoms with van der Waals surface area (Å²) in [6.45, 7) is 0. The van der Waals surface area contributed by atoms with Crippen LogP contribution in [0.2, 0.25) is 0 Å². The maximum atomic E-state index is 11.3. The van der Waals surface area contributed by atoms with Crippen LogP contribution in [0.3, 0.4) is 0 Å². The molecule has 0 bridgehead atoms. The summed E-state index contributed by atoms with van der Waals surface area (Å²) in [5.41, 5.74) is 5.00. The molecule has 1 fully saturated rings. The van der Waals surface area contributed by atoms with Crippen LogP contribution in [0, 0.1) is 0 Å². The lowest BCUT2D eigenvalue weighted by atomic mass is 10.5. The minimum absolute atomic E-state index is 0.189. The molecule has 7 heteroatoms. The van der Waals surface area contributed by atoms with Crippen molar-refractivity contribution in [1.29, 1.82) is 0 Å². The van der Waals surface area contributed by atoms with E-state index in [9.17, 15) is 4.79 Å². The Kier molecular flexibility index (Phi) is 4.60. The van der Waals surface area contributed by atoms with E-state index in [4.69, 9.17) is 15.6 Å². The first kappa shape index (κ1) is 12.0. The summed E-state index contributed by atoms with van der Waals surface area (Å²) in [6, 6.07) is 1.59. The Hall–Kier alpha value is -1.05. The van der Waals surface area contributed by atoms with Crippen LogP contribution in [0.25, 0.3) is 0 Å². The minimum atomic E-state index is -0.354. The number of hydrogen-bond donors (Lipinski definition) is 2. The molecule has 1 aromatic rings. The second-order valence-electron chi connectivity index (χ2n) is 2.65. The van der Waals surface area contributed by atoms with E-state index in [2.05, 4.69) is 4.98 Å². The quantitative estimate of drug-likeness (QED) is 0.686. The van der Waals surface area contributed by atoms with E-state index >= 15 is 0 Å². The Bertz CT molecular complexity index is 362. The van der Waals surface area contributed by atoms with Crippen molar-refractivity contribution in [3.8, 4) is 0 Å². The maximum absolute atomic E-state index is 11.3. The van der Waals surface area contributed by atoms with E-state index in [-0.39, 0.29) is 17.7 Å². The average molecular weight is 231 g/mol. The fraction of sp³-hybridized carbons (Fsp3) is 0.500. The lowest BCUT2D eigenvalue weighted by Crippen LogP contribution is -2.27. The summed E-state index contributed by atoms with van der Waals surface area (Å²) >= 11 is 1.65. The van der Waals surface area contributed by atoms with Crippen LogP contribution in [-0.4, -0.2) is 33.5 Å². The van der Waals surface area contributed by atoms with E-state index in [0.29, 0.717) is 5.94 Å². The van der Waals surface area contributed by atoms with Crippen LogP contribution in [0.15, 0.2) is 17.1 Å². The van der Waals surface area contributed by atoms with Crippen molar-refractivity contribution in [2.24, 2.45) is 0 Å². The second kappa shape index (κ2) is 5.74. The van der Waals surface area contributed by atoms with Crippen LogP contribution in [0.1, 0.15) is 6.23 Å². The third-order valence-corrected chi connectivity index (χ3v) is 2.59. The summed E-state index contributed by atoms with van der Waals surface area (Å²) in [5.74, 6) is 1.65. The number of aliphatic hydroxyl groups is 1. The Morgan fingerprint density at radius 1 is 1.73 bits per heavy atom. The lowest BCUT2D eigenvalue weighted by Gasteiger charge is -2.10. The number of nitrogens with zero attached hydrogens (tertiary/aromatic N) is 2. The first-order valence-corrected chi connectivity index (χ1v) is 5.41. The molecule has 2 rings (SSSR count). The highest BCUT2D eigenvalue weighted by atomic mass is 32.2. The molecule has 1 aromatic heterocycles. The van der Waals surface area contributed by atoms with Gasteiger partial charge in [0.25, 0.3) is 0 Å². The molecule has 6 nitrogen and oxygen atoms in total. The molecule has 15 heavy (non-hydrogen) atoms. The number of anilines is 1. The SMILES string of the molecule is CO.Nc1ccn(C2CSCO2)c(=O)n1. The van der Waals surface area contributed by atoms with Crippen LogP contribution in [0.5, 0.6) is 0 Å². The van der Waals surface area contributed by atoms with Gasteiger partial charge in [-0.1, -0.05) is 0 Å². The van der Waals surface area contributed by atoms with Crippen molar-refractivity contribution < 1.29 is 9.84 Å². The standard InChI is InChI=1S/C7H9N3O2S.CH4O/c8-5-1-2-10(7(11)9-5)6-3-13-4-12-6;1-2/h1-2,6H,3-4H2,(H2,8,9,11);2H,1H3. The van der Waals surface area contributed by atoms with Gasteiger partial charge in [-0.05, 0) is 6.07 Å². The normalized spacial score (nSPS) is 19.5. The van der Waals surface area contributed by atoms with Gasteiger partial charge in [-0.15, -0.1) is 11.8 Å². The van der Waals surface area contributed by atoms with Crippen molar-refractivity contribution in [2.45, 2.75) is 6.23 Å². The predicted octanol–water partition coefficient (Wildman–Crippen LogP) is -0.347. The third kappa shape index (κ3) is 2.95. The van der Waals surface area contributed by atoms with Gasteiger partial charge in [-0.25, -0.2) is 4.79 Å². The number of nitrogen functional groups attached to an aromatic ring is 1. The molecule has 1 unspecified atom stereocenters. The minimum Gasteiger partial charge on any atom is -0.400 e. The summed E-state index contributed by atoms with van der Waals surface area (Å²) < 4.78 is 6.76. The van der Waals surface area contributed by atoms with Gasteiger partial charge in [-0.2, -0.15) is 4.98 Å². The molecule has 0 saturated carbocycles. The zero-order valence-corrected chi connectivity index (χ0v) is 9.11. The molecule has 84 valence electrons. The lowest BCUT2D eigenvalue weighted by molar-refractivity contribution is 0.0639. The van der Waals surface area contributed by atoms with Crippen LogP contribution in [0.4, 0.5) is 5.82 Å². The molecular weight excluding hydrogens is 218 g/mol. The molecule has 0 aliphatic carbocycles. The average Bonchev–Trinajstić information content (AvgIpc) is 2.74. The number of rotatable bonds is 1. The number of thioether (sulfide) groups is 1. The highest BCUT2D eigenvalue weighted by Crippen LogP contribution is 2.23. The molecule has 1 atom stereocenters. The highest BCUT2D eigenvalue weighted by Gasteiger charge is 2.18. The molecule has 1 aliphatic heterocycles. The van der Waals surface area contributed by atoms with Gasteiger partial charge < -0.3 is 15.6 Å². The summed E-state index contributed by atoms with van der Waals surface area (Å²) in [7, 11) is 1.00. The zero-order valence-electron chi connectivity index (χ0n) is 8.29. The number of hydrogen-bond acceptors (Lipinski definition) is 6. The van der Waals surface area contributed by atoms with Gasteiger partial charge in [-0.3, -0.25) is 4.57 Å². The summed E-state index contributed by atoms with van der Waals surface area (Å²) in [4.78, 5) is 14.9. The van der Waals surface area contributed by atoms with Crippen molar-refractivity contribution in [2.75, 3.05) is 24.5 Å². The molecule has 0 radical (unpaired) electrons. The van der Waals surface area contributed by atoms with E-state index in [0.717, 1.165) is 12.9 Å².